The molecular weight excluding hydrogens is 280 g/mol. The van der Waals surface area contributed by atoms with Gasteiger partial charge in [-0.3, -0.25) is 19.3 Å². The Hall–Kier alpha value is -1.88. The van der Waals surface area contributed by atoms with Gasteiger partial charge in [-0.2, -0.15) is 0 Å². The van der Waals surface area contributed by atoms with Gasteiger partial charge >= 0.3 is 0 Å². The molecule has 1 aromatic rings. The molecule has 1 heterocycles. The van der Waals surface area contributed by atoms with Gasteiger partial charge in [0.2, 0.25) is 5.91 Å². The fraction of sp³-hybridized carbons (Fsp3) is 0.357. The lowest BCUT2D eigenvalue weighted by Crippen LogP contribution is -2.43. The molecule has 6 heteroatoms. The average molecular weight is 295 g/mol. The molecule has 0 fully saturated rings. The summed E-state index contributed by atoms with van der Waals surface area (Å²) in [6, 6.07) is 4.61. The molecule has 0 saturated carbocycles. The van der Waals surface area contributed by atoms with Crippen LogP contribution in [0.25, 0.3) is 0 Å². The highest BCUT2D eigenvalue weighted by Gasteiger charge is 2.37. The van der Waals surface area contributed by atoms with Crippen LogP contribution in [0, 0.1) is 0 Å². The topological polar surface area (TPSA) is 57.7 Å². The van der Waals surface area contributed by atoms with E-state index < -0.39 is 11.7 Å². The molecule has 1 aliphatic rings. The maximum atomic E-state index is 12.1. The van der Waals surface area contributed by atoms with Crippen molar-refractivity contribution >= 4 is 34.9 Å². The van der Waals surface area contributed by atoms with Crippen molar-refractivity contribution < 1.29 is 14.4 Å². The van der Waals surface area contributed by atoms with Crippen LogP contribution in [0.3, 0.4) is 0 Å². The summed E-state index contributed by atoms with van der Waals surface area (Å²) in [7, 11) is 1.66. The largest absolute Gasteiger partial charge is 0.342 e. The third kappa shape index (κ3) is 2.41. The van der Waals surface area contributed by atoms with Crippen LogP contribution in [0.1, 0.15) is 24.2 Å². The number of nitrogens with zero attached hydrogens (tertiary/aromatic N) is 2. The maximum Gasteiger partial charge on any atom is 0.299 e. The molecule has 0 radical (unpaired) electrons. The lowest BCUT2D eigenvalue weighted by molar-refractivity contribution is -0.131. The fourth-order valence-electron chi connectivity index (χ4n) is 1.96. The predicted molar refractivity (Wildman–Crippen MR) is 76.0 cm³/mol. The van der Waals surface area contributed by atoms with E-state index in [-0.39, 0.29) is 18.5 Å². The standard InChI is InChI=1S/C14H15ClN2O3/c1-8(2)16(3)12(18)7-17-11-6-9(15)4-5-10(11)13(19)14(17)20/h4-6,8H,7H2,1-3H3. The Kier molecular flexibility index (Phi) is 3.81. The van der Waals surface area contributed by atoms with Gasteiger partial charge in [-0.15, -0.1) is 0 Å². The summed E-state index contributed by atoms with van der Waals surface area (Å²) in [5, 5.41) is 0.418. The van der Waals surface area contributed by atoms with Gasteiger partial charge in [0.05, 0.1) is 11.3 Å². The second-order valence-corrected chi connectivity index (χ2v) is 5.42. The number of halogens is 1. The molecule has 106 valence electrons. The summed E-state index contributed by atoms with van der Waals surface area (Å²) in [5.74, 6) is -1.52. The van der Waals surface area contributed by atoms with Gasteiger partial charge in [0.25, 0.3) is 11.7 Å². The lowest BCUT2D eigenvalue weighted by Gasteiger charge is -2.24. The highest BCUT2D eigenvalue weighted by molar-refractivity contribution is 6.53. The van der Waals surface area contributed by atoms with E-state index in [1.165, 1.54) is 21.9 Å². The van der Waals surface area contributed by atoms with Gasteiger partial charge < -0.3 is 4.90 Å². The van der Waals surface area contributed by atoms with E-state index in [2.05, 4.69) is 0 Å². The molecule has 2 rings (SSSR count). The van der Waals surface area contributed by atoms with Crippen molar-refractivity contribution in [1.29, 1.82) is 0 Å². The Morgan fingerprint density at radius 2 is 2.00 bits per heavy atom. The summed E-state index contributed by atoms with van der Waals surface area (Å²) in [5.41, 5.74) is 0.692. The van der Waals surface area contributed by atoms with Crippen molar-refractivity contribution in [3.8, 4) is 0 Å². The Labute approximate surface area is 122 Å². The van der Waals surface area contributed by atoms with Crippen LogP contribution in [-0.4, -0.2) is 42.1 Å². The van der Waals surface area contributed by atoms with Crippen molar-refractivity contribution in [3.05, 3.63) is 28.8 Å². The average Bonchev–Trinajstić information content (AvgIpc) is 2.62. The zero-order valence-corrected chi connectivity index (χ0v) is 12.3. The quantitative estimate of drug-likeness (QED) is 0.798. The number of Topliss-reactive ketones (excluding diaryl/α,β-unsaturated/α-hetero) is 1. The molecule has 20 heavy (non-hydrogen) atoms. The minimum Gasteiger partial charge on any atom is -0.342 e. The molecule has 0 atom stereocenters. The van der Waals surface area contributed by atoms with Gasteiger partial charge in [0.15, 0.2) is 0 Å². The zero-order valence-electron chi connectivity index (χ0n) is 11.5. The normalized spacial score (nSPS) is 13.9. The molecule has 0 bridgehead atoms. The molecule has 0 unspecified atom stereocenters. The van der Waals surface area contributed by atoms with Crippen molar-refractivity contribution in [1.82, 2.24) is 4.90 Å². The number of ketones is 1. The number of anilines is 1. The van der Waals surface area contributed by atoms with Crippen LogP contribution in [0.5, 0.6) is 0 Å². The summed E-state index contributed by atoms with van der Waals surface area (Å²) < 4.78 is 0. The lowest BCUT2D eigenvalue weighted by atomic mass is 10.1. The number of rotatable bonds is 3. The minimum atomic E-state index is -0.687. The predicted octanol–water partition coefficient (Wildman–Crippen LogP) is 1.74. The summed E-state index contributed by atoms with van der Waals surface area (Å²) in [4.78, 5) is 38.6. The zero-order chi connectivity index (χ0) is 15.0. The van der Waals surface area contributed by atoms with Crippen LogP contribution in [0.15, 0.2) is 18.2 Å². The van der Waals surface area contributed by atoms with Crippen molar-refractivity contribution in [2.45, 2.75) is 19.9 Å². The van der Waals surface area contributed by atoms with Crippen molar-refractivity contribution in [2.75, 3.05) is 18.5 Å². The third-order valence-corrected chi connectivity index (χ3v) is 3.63. The van der Waals surface area contributed by atoms with E-state index in [0.29, 0.717) is 16.3 Å². The number of carbonyl (C=O) groups excluding carboxylic acids is 3. The first-order chi connectivity index (χ1) is 9.32. The number of carbonyl (C=O) groups is 3. The molecule has 0 spiro atoms. The number of fused-ring (bicyclic) bond motifs is 1. The number of hydrogen-bond donors (Lipinski definition) is 0. The van der Waals surface area contributed by atoms with E-state index in [4.69, 9.17) is 11.6 Å². The van der Waals surface area contributed by atoms with Crippen molar-refractivity contribution in [2.24, 2.45) is 0 Å². The summed E-state index contributed by atoms with van der Waals surface area (Å²) in [6.45, 7) is 3.59. The fourth-order valence-corrected chi connectivity index (χ4v) is 2.13. The molecule has 0 N–H and O–H groups in total. The Bertz CT molecular complexity index is 598. The molecule has 1 aromatic carbocycles. The smallest absolute Gasteiger partial charge is 0.299 e. The van der Waals surface area contributed by atoms with Crippen molar-refractivity contribution in [3.63, 3.8) is 0 Å². The first-order valence-electron chi connectivity index (χ1n) is 6.24. The summed E-state index contributed by atoms with van der Waals surface area (Å²) >= 11 is 5.89. The SMILES string of the molecule is CC(C)N(C)C(=O)CN1C(=O)C(=O)c2ccc(Cl)cc21. The van der Waals surface area contributed by atoms with E-state index in [0.717, 1.165) is 0 Å². The molecule has 2 amide bonds. The van der Waals surface area contributed by atoms with Crippen LogP contribution in [0.4, 0.5) is 5.69 Å². The molecule has 0 saturated heterocycles. The second kappa shape index (κ2) is 5.25. The highest BCUT2D eigenvalue weighted by Crippen LogP contribution is 2.31. The van der Waals surface area contributed by atoms with E-state index in [1.807, 2.05) is 13.8 Å². The van der Waals surface area contributed by atoms with Crippen LogP contribution in [-0.2, 0) is 9.59 Å². The Morgan fingerprint density at radius 1 is 1.35 bits per heavy atom. The van der Waals surface area contributed by atoms with Gasteiger partial charge in [0.1, 0.15) is 6.54 Å². The number of hydrogen-bond acceptors (Lipinski definition) is 3. The molecule has 5 nitrogen and oxygen atoms in total. The van der Waals surface area contributed by atoms with Crippen LogP contribution < -0.4 is 4.90 Å². The summed E-state index contributed by atoms with van der Waals surface area (Å²) in [6.07, 6.45) is 0. The molecule has 0 aromatic heterocycles. The maximum absolute atomic E-state index is 12.1. The monoisotopic (exact) mass is 294 g/mol. The van der Waals surface area contributed by atoms with Gasteiger partial charge in [-0.25, -0.2) is 0 Å². The first kappa shape index (κ1) is 14.5. The first-order valence-corrected chi connectivity index (χ1v) is 6.62. The van der Waals surface area contributed by atoms with Gasteiger partial charge in [0, 0.05) is 18.1 Å². The number of likely N-dealkylation sites (N-methyl/N-ethyl adjacent to an activating group) is 1. The Morgan fingerprint density at radius 3 is 2.60 bits per heavy atom. The van der Waals surface area contributed by atoms with E-state index in [9.17, 15) is 14.4 Å². The third-order valence-electron chi connectivity index (χ3n) is 3.40. The van der Waals surface area contributed by atoms with Gasteiger partial charge in [-0.05, 0) is 32.0 Å². The Balaban J connectivity index is 2.30. The van der Waals surface area contributed by atoms with E-state index in [1.54, 1.807) is 13.1 Å². The van der Waals surface area contributed by atoms with E-state index >= 15 is 0 Å². The van der Waals surface area contributed by atoms with Crippen LogP contribution in [0.2, 0.25) is 5.02 Å². The molecule has 1 aliphatic heterocycles. The number of amides is 2. The number of benzene rings is 1. The second-order valence-electron chi connectivity index (χ2n) is 4.98. The molecular formula is C14H15ClN2O3. The van der Waals surface area contributed by atoms with Gasteiger partial charge in [-0.1, -0.05) is 11.6 Å². The molecule has 0 aliphatic carbocycles. The van der Waals surface area contributed by atoms with Crippen LogP contribution >= 0.6 is 11.6 Å². The highest BCUT2D eigenvalue weighted by atomic mass is 35.5. The minimum absolute atomic E-state index is 0.0229.